The number of nitrogens with zero attached hydrogens (tertiary/aromatic N) is 4. The van der Waals surface area contributed by atoms with Crippen LogP contribution < -0.4 is 10.2 Å². The molecule has 0 saturated carbocycles. The van der Waals surface area contributed by atoms with Crippen molar-refractivity contribution in [1.82, 2.24) is 20.2 Å². The quantitative estimate of drug-likeness (QED) is 0.874. The first-order valence-electron chi connectivity index (χ1n) is 7.63. The summed E-state index contributed by atoms with van der Waals surface area (Å²) in [6, 6.07) is 0. The molecular weight excluding hydrogens is 268 g/mol. The summed E-state index contributed by atoms with van der Waals surface area (Å²) in [4.78, 5) is 11.4. The standard InChI is InChI=1S/C14H22N6O/c1-3-15-14-17-12-11(9-16-19-12)13(18-14)20-7-5-10(6-8-20)21-4-2/h9-10H,3-8H2,1-2H3,(H2,15,16,17,18,19). The van der Waals surface area contributed by atoms with Crippen molar-refractivity contribution in [1.29, 1.82) is 0 Å². The average Bonchev–Trinajstić information content (AvgIpc) is 2.96. The summed E-state index contributed by atoms with van der Waals surface area (Å²) >= 11 is 0. The maximum absolute atomic E-state index is 5.71. The van der Waals surface area contributed by atoms with Crippen LogP contribution in [0.2, 0.25) is 0 Å². The molecule has 0 aliphatic carbocycles. The van der Waals surface area contributed by atoms with Crippen molar-refractivity contribution in [2.24, 2.45) is 0 Å². The van der Waals surface area contributed by atoms with Crippen molar-refractivity contribution in [2.75, 3.05) is 36.5 Å². The molecule has 0 atom stereocenters. The average molecular weight is 290 g/mol. The van der Waals surface area contributed by atoms with Gasteiger partial charge in [-0.2, -0.15) is 15.1 Å². The zero-order valence-electron chi connectivity index (χ0n) is 12.6. The Bertz CT molecular complexity index is 590. The number of rotatable bonds is 5. The molecular formula is C14H22N6O. The van der Waals surface area contributed by atoms with Crippen LogP contribution in [0.15, 0.2) is 6.20 Å². The topological polar surface area (TPSA) is 79.0 Å². The lowest BCUT2D eigenvalue weighted by molar-refractivity contribution is 0.0459. The van der Waals surface area contributed by atoms with Gasteiger partial charge >= 0.3 is 0 Å². The smallest absolute Gasteiger partial charge is 0.226 e. The molecule has 2 aromatic rings. The van der Waals surface area contributed by atoms with Crippen LogP contribution in [0, 0.1) is 0 Å². The van der Waals surface area contributed by atoms with Gasteiger partial charge in [0, 0.05) is 26.2 Å². The predicted octanol–water partition coefficient (Wildman–Crippen LogP) is 1.79. The second-order valence-electron chi connectivity index (χ2n) is 5.18. The van der Waals surface area contributed by atoms with Crippen molar-refractivity contribution < 1.29 is 4.74 Å². The Morgan fingerprint density at radius 2 is 2.14 bits per heavy atom. The number of hydrogen-bond acceptors (Lipinski definition) is 6. The van der Waals surface area contributed by atoms with E-state index in [-0.39, 0.29) is 0 Å². The second kappa shape index (κ2) is 6.26. The molecule has 21 heavy (non-hydrogen) atoms. The van der Waals surface area contributed by atoms with Crippen LogP contribution in [0.3, 0.4) is 0 Å². The minimum Gasteiger partial charge on any atom is -0.378 e. The highest BCUT2D eigenvalue weighted by molar-refractivity contribution is 5.87. The lowest BCUT2D eigenvalue weighted by atomic mass is 10.1. The summed E-state index contributed by atoms with van der Waals surface area (Å²) in [7, 11) is 0. The molecule has 1 saturated heterocycles. The fraction of sp³-hybridized carbons (Fsp3) is 0.643. The number of H-pyrrole nitrogens is 1. The minimum atomic E-state index is 0.376. The number of fused-ring (bicyclic) bond motifs is 1. The van der Waals surface area contributed by atoms with Crippen molar-refractivity contribution in [3.63, 3.8) is 0 Å². The Hall–Kier alpha value is -1.89. The summed E-state index contributed by atoms with van der Waals surface area (Å²) in [5.74, 6) is 1.61. The van der Waals surface area contributed by atoms with Gasteiger partial charge in [0.05, 0.1) is 17.7 Å². The van der Waals surface area contributed by atoms with E-state index in [1.807, 2.05) is 6.92 Å². The van der Waals surface area contributed by atoms with Gasteiger partial charge in [-0.3, -0.25) is 5.10 Å². The molecule has 0 radical (unpaired) electrons. The number of anilines is 2. The molecule has 3 rings (SSSR count). The highest BCUT2D eigenvalue weighted by atomic mass is 16.5. The van der Waals surface area contributed by atoms with Crippen molar-refractivity contribution in [2.45, 2.75) is 32.8 Å². The van der Waals surface area contributed by atoms with Crippen LogP contribution >= 0.6 is 0 Å². The van der Waals surface area contributed by atoms with Crippen LogP contribution in [0.1, 0.15) is 26.7 Å². The first-order valence-corrected chi connectivity index (χ1v) is 7.63. The molecule has 2 N–H and O–H groups in total. The highest BCUT2D eigenvalue weighted by Gasteiger charge is 2.23. The maximum atomic E-state index is 5.71. The molecule has 114 valence electrons. The Labute approximate surface area is 124 Å². The van der Waals surface area contributed by atoms with Gasteiger partial charge < -0.3 is 15.0 Å². The first-order chi connectivity index (χ1) is 10.3. The van der Waals surface area contributed by atoms with Gasteiger partial charge in [0.2, 0.25) is 5.95 Å². The predicted molar refractivity (Wildman–Crippen MR) is 82.7 cm³/mol. The SMILES string of the molecule is CCNc1nc(N2CCC(OCC)CC2)c2cn[nH]c2n1. The highest BCUT2D eigenvalue weighted by Crippen LogP contribution is 2.27. The molecule has 7 heteroatoms. The van der Waals surface area contributed by atoms with Crippen molar-refractivity contribution >= 4 is 22.8 Å². The summed E-state index contributed by atoms with van der Waals surface area (Å²) in [5, 5.41) is 11.2. The number of aromatic nitrogens is 4. The zero-order valence-corrected chi connectivity index (χ0v) is 12.6. The second-order valence-corrected chi connectivity index (χ2v) is 5.18. The van der Waals surface area contributed by atoms with E-state index in [0.29, 0.717) is 12.1 Å². The summed E-state index contributed by atoms with van der Waals surface area (Å²) < 4.78 is 5.71. The Kier molecular flexibility index (Phi) is 4.19. The van der Waals surface area contributed by atoms with E-state index < -0.39 is 0 Å². The zero-order chi connectivity index (χ0) is 14.7. The van der Waals surface area contributed by atoms with Crippen LogP contribution in [-0.4, -0.2) is 52.5 Å². The van der Waals surface area contributed by atoms with Crippen LogP contribution in [0.5, 0.6) is 0 Å². The van der Waals surface area contributed by atoms with E-state index in [1.54, 1.807) is 6.20 Å². The van der Waals surface area contributed by atoms with E-state index in [4.69, 9.17) is 4.74 Å². The fourth-order valence-electron chi connectivity index (χ4n) is 2.77. The molecule has 1 aliphatic rings. The first kappa shape index (κ1) is 14.1. The van der Waals surface area contributed by atoms with Crippen LogP contribution in [0.4, 0.5) is 11.8 Å². The third kappa shape index (κ3) is 2.92. The number of piperidine rings is 1. The Morgan fingerprint density at radius 3 is 2.86 bits per heavy atom. The molecule has 0 amide bonds. The Balaban J connectivity index is 1.84. The van der Waals surface area contributed by atoms with Gasteiger partial charge in [0.25, 0.3) is 0 Å². The van der Waals surface area contributed by atoms with Gasteiger partial charge in [-0.05, 0) is 26.7 Å². The molecule has 1 aliphatic heterocycles. The van der Waals surface area contributed by atoms with E-state index in [0.717, 1.165) is 55.9 Å². The van der Waals surface area contributed by atoms with Gasteiger partial charge in [-0.1, -0.05) is 0 Å². The van der Waals surface area contributed by atoms with Crippen LogP contribution in [0.25, 0.3) is 11.0 Å². The third-order valence-corrected chi connectivity index (χ3v) is 3.77. The molecule has 0 spiro atoms. The molecule has 0 aromatic carbocycles. The number of aromatic amines is 1. The minimum absolute atomic E-state index is 0.376. The monoisotopic (exact) mass is 290 g/mol. The van der Waals surface area contributed by atoms with Gasteiger partial charge in [0.15, 0.2) is 5.65 Å². The molecule has 1 fully saturated rings. The third-order valence-electron chi connectivity index (χ3n) is 3.77. The molecule has 0 unspecified atom stereocenters. The maximum Gasteiger partial charge on any atom is 0.226 e. The fourth-order valence-corrected chi connectivity index (χ4v) is 2.77. The normalized spacial score (nSPS) is 16.6. The number of hydrogen-bond donors (Lipinski definition) is 2. The molecule has 2 aromatic heterocycles. The van der Waals surface area contributed by atoms with Crippen molar-refractivity contribution in [3.8, 4) is 0 Å². The Morgan fingerprint density at radius 1 is 1.33 bits per heavy atom. The van der Waals surface area contributed by atoms with Crippen molar-refractivity contribution in [3.05, 3.63) is 6.20 Å². The summed E-state index contributed by atoms with van der Waals surface area (Å²) in [5.41, 5.74) is 0.780. The van der Waals surface area contributed by atoms with Gasteiger partial charge in [-0.15, -0.1) is 0 Å². The number of ether oxygens (including phenoxy) is 1. The summed E-state index contributed by atoms with van der Waals surface area (Å²) in [6.45, 7) is 7.57. The van der Waals surface area contributed by atoms with E-state index in [9.17, 15) is 0 Å². The molecule has 7 nitrogen and oxygen atoms in total. The number of nitrogens with one attached hydrogen (secondary N) is 2. The van der Waals surface area contributed by atoms with Gasteiger partial charge in [-0.25, -0.2) is 0 Å². The lowest BCUT2D eigenvalue weighted by Crippen LogP contribution is -2.37. The van der Waals surface area contributed by atoms with E-state index >= 15 is 0 Å². The summed E-state index contributed by atoms with van der Waals surface area (Å²) in [6.07, 6.45) is 4.25. The lowest BCUT2D eigenvalue weighted by Gasteiger charge is -2.32. The van der Waals surface area contributed by atoms with E-state index in [1.165, 1.54) is 0 Å². The molecule has 0 bridgehead atoms. The largest absolute Gasteiger partial charge is 0.378 e. The van der Waals surface area contributed by atoms with Crippen LogP contribution in [-0.2, 0) is 4.74 Å². The van der Waals surface area contributed by atoms with E-state index in [2.05, 4.69) is 37.3 Å². The molecule has 3 heterocycles. The van der Waals surface area contributed by atoms with Gasteiger partial charge in [0.1, 0.15) is 5.82 Å².